The minimum Gasteiger partial charge on any atom is -0.378 e. The van der Waals surface area contributed by atoms with Gasteiger partial charge in [-0.2, -0.15) is 0 Å². The van der Waals surface area contributed by atoms with Crippen molar-refractivity contribution in [2.75, 3.05) is 26.3 Å². The Bertz CT molecular complexity index is 272. The number of hydrogen-bond donors (Lipinski definition) is 2. The fraction of sp³-hybridized carbons (Fsp3) is 0.700. The lowest BCUT2D eigenvalue weighted by Gasteiger charge is -2.25. The summed E-state index contributed by atoms with van der Waals surface area (Å²) >= 11 is 1.69. The normalized spacial score (nSPS) is 23.9. The second kappa shape index (κ2) is 5.55. The minimum absolute atomic E-state index is 0.328. The van der Waals surface area contributed by atoms with E-state index in [1.807, 2.05) is 11.6 Å². The number of thiazole rings is 1. The van der Waals surface area contributed by atoms with Crippen molar-refractivity contribution in [3.8, 4) is 0 Å². The Labute approximate surface area is 94.1 Å². The molecule has 2 unspecified atom stereocenters. The summed E-state index contributed by atoms with van der Waals surface area (Å²) in [7, 11) is 0. The molecule has 0 aromatic carbocycles. The summed E-state index contributed by atoms with van der Waals surface area (Å²) in [5.74, 6) is 0. The maximum atomic E-state index is 5.39. The van der Waals surface area contributed by atoms with Crippen LogP contribution in [0.25, 0.3) is 0 Å². The number of hydrogen-bond acceptors (Lipinski definition) is 5. The Morgan fingerprint density at radius 1 is 1.80 bits per heavy atom. The van der Waals surface area contributed by atoms with Crippen LogP contribution in [-0.4, -0.2) is 37.3 Å². The van der Waals surface area contributed by atoms with E-state index < -0.39 is 0 Å². The van der Waals surface area contributed by atoms with E-state index in [2.05, 4.69) is 22.5 Å². The number of morpholine rings is 1. The molecule has 2 rings (SSSR count). The zero-order valence-electron chi connectivity index (χ0n) is 8.90. The van der Waals surface area contributed by atoms with Gasteiger partial charge in [0.25, 0.3) is 0 Å². The van der Waals surface area contributed by atoms with Gasteiger partial charge in [-0.3, -0.25) is 0 Å². The third-order valence-electron chi connectivity index (χ3n) is 2.49. The van der Waals surface area contributed by atoms with E-state index in [4.69, 9.17) is 4.74 Å². The summed E-state index contributed by atoms with van der Waals surface area (Å²) in [6.07, 6.45) is 1.85. The molecule has 1 fully saturated rings. The van der Waals surface area contributed by atoms with Gasteiger partial charge in [0, 0.05) is 30.7 Å². The van der Waals surface area contributed by atoms with Gasteiger partial charge < -0.3 is 15.4 Å². The number of rotatable bonds is 4. The van der Waals surface area contributed by atoms with Gasteiger partial charge in [-0.05, 0) is 6.92 Å². The molecule has 15 heavy (non-hydrogen) atoms. The molecule has 0 saturated carbocycles. The predicted octanol–water partition coefficient (Wildman–Crippen LogP) is 0.782. The standard InChI is InChI=1S/C10H17N3OS/c1-8(10-12-3-5-15-10)13-6-9-7-14-4-2-11-9/h3,5,8-9,11,13H,2,4,6-7H2,1H3. The van der Waals surface area contributed by atoms with E-state index in [1.165, 1.54) is 0 Å². The van der Waals surface area contributed by atoms with Crippen molar-refractivity contribution in [1.82, 2.24) is 15.6 Å². The van der Waals surface area contributed by atoms with Crippen LogP contribution in [-0.2, 0) is 4.74 Å². The third-order valence-corrected chi connectivity index (χ3v) is 3.45. The average Bonchev–Trinajstić information content (AvgIpc) is 2.81. The highest BCUT2D eigenvalue weighted by molar-refractivity contribution is 7.09. The molecule has 2 atom stereocenters. The Morgan fingerprint density at radius 3 is 3.40 bits per heavy atom. The maximum Gasteiger partial charge on any atom is 0.109 e. The second-order valence-electron chi connectivity index (χ2n) is 3.73. The molecular weight excluding hydrogens is 210 g/mol. The summed E-state index contributed by atoms with van der Waals surface area (Å²) in [6, 6.07) is 0.759. The van der Waals surface area contributed by atoms with Crippen LogP contribution in [0, 0.1) is 0 Å². The van der Waals surface area contributed by atoms with Gasteiger partial charge in [0.1, 0.15) is 5.01 Å². The van der Waals surface area contributed by atoms with Crippen LogP contribution in [0.1, 0.15) is 18.0 Å². The number of aromatic nitrogens is 1. The highest BCUT2D eigenvalue weighted by Gasteiger charge is 2.14. The molecular formula is C10H17N3OS. The Kier molecular flexibility index (Phi) is 4.08. The van der Waals surface area contributed by atoms with Crippen LogP contribution in [0.5, 0.6) is 0 Å². The lowest BCUT2D eigenvalue weighted by atomic mass is 10.2. The second-order valence-corrected chi connectivity index (χ2v) is 4.65. The first-order chi connectivity index (χ1) is 7.36. The molecule has 4 nitrogen and oxygen atoms in total. The first kappa shape index (κ1) is 11.0. The Hall–Kier alpha value is -0.490. The number of nitrogens with one attached hydrogen (secondary N) is 2. The maximum absolute atomic E-state index is 5.39. The molecule has 0 radical (unpaired) electrons. The fourth-order valence-electron chi connectivity index (χ4n) is 1.61. The van der Waals surface area contributed by atoms with E-state index in [-0.39, 0.29) is 0 Å². The van der Waals surface area contributed by atoms with Gasteiger partial charge in [-0.15, -0.1) is 11.3 Å². The number of ether oxygens (including phenoxy) is 1. The molecule has 0 aliphatic carbocycles. The van der Waals surface area contributed by atoms with Crippen LogP contribution in [0.2, 0.25) is 0 Å². The molecule has 0 spiro atoms. The van der Waals surface area contributed by atoms with E-state index in [9.17, 15) is 0 Å². The van der Waals surface area contributed by atoms with Crippen LogP contribution in [0.15, 0.2) is 11.6 Å². The van der Waals surface area contributed by atoms with Gasteiger partial charge in [-0.1, -0.05) is 0 Å². The SMILES string of the molecule is CC(NCC1COCCN1)c1nccs1. The van der Waals surface area contributed by atoms with E-state index in [1.54, 1.807) is 11.3 Å². The monoisotopic (exact) mass is 227 g/mol. The van der Waals surface area contributed by atoms with Crippen molar-refractivity contribution in [3.05, 3.63) is 16.6 Å². The van der Waals surface area contributed by atoms with Crippen LogP contribution >= 0.6 is 11.3 Å². The third kappa shape index (κ3) is 3.24. The minimum atomic E-state index is 0.328. The van der Waals surface area contributed by atoms with Gasteiger partial charge >= 0.3 is 0 Å². The van der Waals surface area contributed by atoms with E-state index >= 15 is 0 Å². The van der Waals surface area contributed by atoms with E-state index in [0.717, 1.165) is 31.3 Å². The first-order valence-electron chi connectivity index (χ1n) is 5.30. The molecule has 1 aromatic rings. The molecule has 5 heteroatoms. The predicted molar refractivity (Wildman–Crippen MR) is 61.1 cm³/mol. The molecule has 1 aliphatic heterocycles. The zero-order valence-corrected chi connectivity index (χ0v) is 9.72. The summed E-state index contributed by atoms with van der Waals surface area (Å²) < 4.78 is 5.39. The smallest absolute Gasteiger partial charge is 0.109 e. The van der Waals surface area contributed by atoms with Gasteiger partial charge in [0.2, 0.25) is 0 Å². The lowest BCUT2D eigenvalue weighted by Crippen LogP contribution is -2.47. The van der Waals surface area contributed by atoms with Gasteiger partial charge in [0.15, 0.2) is 0 Å². The van der Waals surface area contributed by atoms with Crippen LogP contribution < -0.4 is 10.6 Å². The van der Waals surface area contributed by atoms with Crippen molar-refractivity contribution in [2.45, 2.75) is 19.0 Å². The Balaban J connectivity index is 1.73. The molecule has 1 aromatic heterocycles. The van der Waals surface area contributed by atoms with Crippen molar-refractivity contribution in [2.24, 2.45) is 0 Å². The lowest BCUT2D eigenvalue weighted by molar-refractivity contribution is 0.0760. The van der Waals surface area contributed by atoms with Crippen LogP contribution in [0.4, 0.5) is 0 Å². The highest BCUT2D eigenvalue weighted by atomic mass is 32.1. The number of nitrogens with zero attached hydrogens (tertiary/aromatic N) is 1. The zero-order chi connectivity index (χ0) is 10.5. The topological polar surface area (TPSA) is 46.2 Å². The van der Waals surface area contributed by atoms with Crippen molar-refractivity contribution in [1.29, 1.82) is 0 Å². The molecule has 2 N–H and O–H groups in total. The molecule has 0 amide bonds. The van der Waals surface area contributed by atoms with Crippen molar-refractivity contribution < 1.29 is 4.74 Å². The van der Waals surface area contributed by atoms with Crippen LogP contribution in [0.3, 0.4) is 0 Å². The molecule has 1 aliphatic rings. The van der Waals surface area contributed by atoms with Crippen molar-refractivity contribution >= 4 is 11.3 Å². The first-order valence-corrected chi connectivity index (χ1v) is 6.18. The Morgan fingerprint density at radius 2 is 2.73 bits per heavy atom. The molecule has 1 saturated heterocycles. The molecule has 2 heterocycles. The largest absolute Gasteiger partial charge is 0.378 e. The van der Waals surface area contributed by atoms with Gasteiger partial charge in [0.05, 0.1) is 19.3 Å². The summed E-state index contributed by atoms with van der Waals surface area (Å²) in [4.78, 5) is 4.28. The molecule has 0 bridgehead atoms. The summed E-state index contributed by atoms with van der Waals surface area (Å²) in [6.45, 7) is 5.66. The quantitative estimate of drug-likeness (QED) is 0.798. The highest BCUT2D eigenvalue weighted by Crippen LogP contribution is 2.14. The van der Waals surface area contributed by atoms with Crippen molar-refractivity contribution in [3.63, 3.8) is 0 Å². The fourth-order valence-corrected chi connectivity index (χ4v) is 2.28. The summed E-state index contributed by atoms with van der Waals surface area (Å²) in [5.41, 5.74) is 0. The van der Waals surface area contributed by atoms with Gasteiger partial charge in [-0.25, -0.2) is 4.98 Å². The molecule has 84 valence electrons. The summed E-state index contributed by atoms with van der Waals surface area (Å²) in [5, 5.41) is 10.0. The van der Waals surface area contributed by atoms with E-state index in [0.29, 0.717) is 12.1 Å². The average molecular weight is 227 g/mol.